The molecule has 21 heavy (non-hydrogen) atoms. The van der Waals surface area contributed by atoms with Crippen LogP contribution in [0.25, 0.3) is 10.9 Å². The molecule has 0 amide bonds. The van der Waals surface area contributed by atoms with Crippen LogP contribution in [0.4, 0.5) is 0 Å². The summed E-state index contributed by atoms with van der Waals surface area (Å²) in [6.45, 7) is 0. The van der Waals surface area contributed by atoms with E-state index >= 15 is 0 Å². The summed E-state index contributed by atoms with van der Waals surface area (Å²) in [4.78, 5) is 4.42. The van der Waals surface area contributed by atoms with Crippen molar-refractivity contribution in [3.05, 3.63) is 69.8 Å². The van der Waals surface area contributed by atoms with Crippen molar-refractivity contribution in [2.24, 2.45) is 0 Å². The Hall–Kier alpha value is -1.77. The van der Waals surface area contributed by atoms with Crippen LogP contribution in [0.5, 0.6) is 5.75 Å². The van der Waals surface area contributed by atoms with Crippen LogP contribution >= 0.6 is 23.2 Å². The summed E-state index contributed by atoms with van der Waals surface area (Å²) in [6, 6.07) is 15.6. The Morgan fingerprint density at radius 3 is 2.43 bits per heavy atom. The van der Waals surface area contributed by atoms with Gasteiger partial charge in [0.2, 0.25) is 0 Å². The Kier molecular flexibility index (Phi) is 4.00. The minimum atomic E-state index is 0.453. The summed E-state index contributed by atoms with van der Waals surface area (Å²) in [7, 11) is 1.65. The van der Waals surface area contributed by atoms with E-state index in [1.165, 1.54) is 0 Å². The van der Waals surface area contributed by atoms with Gasteiger partial charge in [0.1, 0.15) is 10.9 Å². The first-order chi connectivity index (χ1) is 10.2. The van der Waals surface area contributed by atoms with E-state index in [9.17, 15) is 0 Å². The third-order valence-corrected chi connectivity index (χ3v) is 4.16. The lowest BCUT2D eigenvalue weighted by Crippen LogP contribution is -1.95. The van der Waals surface area contributed by atoms with Gasteiger partial charge in [-0.2, -0.15) is 0 Å². The minimum absolute atomic E-state index is 0.453. The molecule has 0 aliphatic heterocycles. The number of para-hydroxylation sites is 1. The van der Waals surface area contributed by atoms with Crippen LogP contribution in [0.3, 0.4) is 0 Å². The maximum absolute atomic E-state index is 6.51. The van der Waals surface area contributed by atoms with E-state index in [1.807, 2.05) is 48.5 Å². The summed E-state index contributed by atoms with van der Waals surface area (Å²) < 4.78 is 5.16. The highest BCUT2D eigenvalue weighted by molar-refractivity contribution is 6.39. The lowest BCUT2D eigenvalue weighted by atomic mass is 10.0. The van der Waals surface area contributed by atoms with Crippen LogP contribution in [0, 0.1) is 0 Å². The number of benzene rings is 2. The van der Waals surface area contributed by atoms with Crippen LogP contribution in [-0.4, -0.2) is 12.1 Å². The number of pyridine rings is 1. The molecule has 0 saturated carbocycles. The first-order valence-corrected chi connectivity index (χ1v) is 7.30. The monoisotopic (exact) mass is 317 g/mol. The molecule has 2 nitrogen and oxygen atoms in total. The molecule has 0 unspecified atom stereocenters. The first kappa shape index (κ1) is 14.2. The highest BCUT2D eigenvalue weighted by Crippen LogP contribution is 2.32. The van der Waals surface area contributed by atoms with Gasteiger partial charge < -0.3 is 4.74 Å². The van der Waals surface area contributed by atoms with Gasteiger partial charge in [0.05, 0.1) is 17.6 Å². The van der Waals surface area contributed by atoms with Crippen molar-refractivity contribution >= 4 is 34.1 Å². The maximum atomic E-state index is 6.51. The SMILES string of the molecule is COc1ccc(Cc2c(Cl)nc3ccccc3c2Cl)cc1. The predicted molar refractivity (Wildman–Crippen MR) is 87.6 cm³/mol. The third-order valence-electron chi connectivity index (χ3n) is 3.41. The summed E-state index contributed by atoms with van der Waals surface area (Å²) >= 11 is 12.8. The Morgan fingerprint density at radius 2 is 1.71 bits per heavy atom. The molecular weight excluding hydrogens is 305 g/mol. The molecule has 0 saturated heterocycles. The smallest absolute Gasteiger partial charge is 0.134 e. The highest BCUT2D eigenvalue weighted by atomic mass is 35.5. The second kappa shape index (κ2) is 5.92. The summed E-state index contributed by atoms with van der Waals surface area (Å²) in [5.41, 5.74) is 2.77. The van der Waals surface area contributed by atoms with Crippen LogP contribution < -0.4 is 4.74 Å². The maximum Gasteiger partial charge on any atom is 0.134 e. The van der Waals surface area contributed by atoms with Gasteiger partial charge in [-0.05, 0) is 23.8 Å². The number of nitrogens with zero attached hydrogens (tertiary/aromatic N) is 1. The molecule has 0 aliphatic rings. The number of ether oxygens (including phenoxy) is 1. The molecule has 0 bridgehead atoms. The summed E-state index contributed by atoms with van der Waals surface area (Å²) in [6.07, 6.45) is 0.638. The molecule has 0 N–H and O–H groups in total. The molecule has 4 heteroatoms. The Morgan fingerprint density at radius 1 is 1.00 bits per heavy atom. The molecule has 0 spiro atoms. The van der Waals surface area contributed by atoms with Crippen molar-refractivity contribution in [1.29, 1.82) is 0 Å². The number of hydrogen-bond acceptors (Lipinski definition) is 2. The molecule has 2 aromatic carbocycles. The second-order valence-corrected chi connectivity index (χ2v) is 5.47. The Balaban J connectivity index is 2.03. The Bertz CT molecular complexity index is 785. The summed E-state index contributed by atoms with van der Waals surface area (Å²) in [5, 5.41) is 2.04. The van der Waals surface area contributed by atoms with E-state index in [0.717, 1.165) is 27.8 Å². The van der Waals surface area contributed by atoms with E-state index in [2.05, 4.69) is 4.98 Å². The zero-order valence-corrected chi connectivity index (χ0v) is 12.9. The second-order valence-electron chi connectivity index (χ2n) is 4.74. The largest absolute Gasteiger partial charge is 0.497 e. The van der Waals surface area contributed by atoms with E-state index < -0.39 is 0 Å². The van der Waals surface area contributed by atoms with Crippen molar-refractivity contribution in [2.45, 2.75) is 6.42 Å². The van der Waals surface area contributed by atoms with Crippen molar-refractivity contribution in [2.75, 3.05) is 7.11 Å². The van der Waals surface area contributed by atoms with Gasteiger partial charge in [0.15, 0.2) is 0 Å². The predicted octanol–water partition coefficient (Wildman–Crippen LogP) is 5.14. The van der Waals surface area contributed by atoms with E-state index in [4.69, 9.17) is 27.9 Å². The molecule has 1 aromatic heterocycles. The average molecular weight is 318 g/mol. The van der Waals surface area contributed by atoms with E-state index in [-0.39, 0.29) is 0 Å². The van der Waals surface area contributed by atoms with Gasteiger partial charge in [-0.3, -0.25) is 0 Å². The molecule has 3 aromatic rings. The van der Waals surface area contributed by atoms with Gasteiger partial charge >= 0.3 is 0 Å². The van der Waals surface area contributed by atoms with Crippen molar-refractivity contribution in [1.82, 2.24) is 4.98 Å². The molecule has 1 heterocycles. The van der Waals surface area contributed by atoms with Crippen LogP contribution in [-0.2, 0) is 6.42 Å². The zero-order valence-electron chi connectivity index (χ0n) is 11.4. The molecule has 0 radical (unpaired) electrons. The van der Waals surface area contributed by atoms with Crippen molar-refractivity contribution < 1.29 is 4.74 Å². The lowest BCUT2D eigenvalue weighted by Gasteiger charge is -2.10. The molecule has 0 aliphatic carbocycles. The fourth-order valence-electron chi connectivity index (χ4n) is 2.28. The standard InChI is InChI=1S/C17H13Cl2NO/c1-21-12-8-6-11(7-9-12)10-14-16(18)13-4-2-3-5-15(13)20-17(14)19/h2-9H,10H2,1H3. The van der Waals surface area contributed by atoms with Crippen LogP contribution in [0.15, 0.2) is 48.5 Å². The van der Waals surface area contributed by atoms with Gasteiger partial charge in [-0.15, -0.1) is 0 Å². The van der Waals surface area contributed by atoms with Crippen molar-refractivity contribution in [3.63, 3.8) is 0 Å². The minimum Gasteiger partial charge on any atom is -0.497 e. The van der Waals surface area contributed by atoms with E-state index in [0.29, 0.717) is 16.6 Å². The normalized spacial score (nSPS) is 10.8. The van der Waals surface area contributed by atoms with Crippen molar-refractivity contribution in [3.8, 4) is 5.75 Å². The molecule has 0 fully saturated rings. The van der Waals surface area contributed by atoms with E-state index in [1.54, 1.807) is 7.11 Å². The Labute approximate surface area is 133 Å². The lowest BCUT2D eigenvalue weighted by molar-refractivity contribution is 0.414. The molecule has 0 atom stereocenters. The van der Waals surface area contributed by atoms with Crippen LogP contribution in [0.1, 0.15) is 11.1 Å². The number of halogens is 2. The topological polar surface area (TPSA) is 22.1 Å². The first-order valence-electron chi connectivity index (χ1n) is 6.54. The van der Waals surface area contributed by atoms with Gasteiger partial charge in [0, 0.05) is 17.4 Å². The fraction of sp³-hybridized carbons (Fsp3) is 0.118. The van der Waals surface area contributed by atoms with Crippen LogP contribution in [0.2, 0.25) is 10.2 Å². The number of methoxy groups -OCH3 is 1. The summed E-state index contributed by atoms with van der Waals surface area (Å²) in [5.74, 6) is 0.826. The molecule has 3 rings (SSSR count). The number of aromatic nitrogens is 1. The zero-order chi connectivity index (χ0) is 14.8. The quantitative estimate of drug-likeness (QED) is 0.624. The third kappa shape index (κ3) is 2.82. The number of rotatable bonds is 3. The van der Waals surface area contributed by atoms with Gasteiger partial charge in [-0.1, -0.05) is 53.5 Å². The number of hydrogen-bond donors (Lipinski definition) is 0. The fourth-order valence-corrected chi connectivity index (χ4v) is 2.90. The van der Waals surface area contributed by atoms with Gasteiger partial charge in [-0.25, -0.2) is 4.98 Å². The molecular formula is C17H13Cl2NO. The van der Waals surface area contributed by atoms with Gasteiger partial charge in [0.25, 0.3) is 0 Å². The average Bonchev–Trinajstić information content (AvgIpc) is 2.52. The highest BCUT2D eigenvalue weighted by Gasteiger charge is 2.12. The molecule has 106 valence electrons. The number of fused-ring (bicyclic) bond motifs is 1.